The summed E-state index contributed by atoms with van der Waals surface area (Å²) in [6, 6.07) is 6.33. The quantitative estimate of drug-likeness (QED) is 0.785. The molecule has 0 bridgehead atoms. The molecule has 0 radical (unpaired) electrons. The van der Waals surface area contributed by atoms with Crippen LogP contribution in [0.15, 0.2) is 22.6 Å². The maximum absolute atomic E-state index is 5.82. The lowest BCUT2D eigenvalue weighted by Crippen LogP contribution is -2.40. The first-order valence-electron chi connectivity index (χ1n) is 6.45. The van der Waals surface area contributed by atoms with E-state index in [1.807, 2.05) is 18.2 Å². The molecule has 2 N–H and O–H groups in total. The van der Waals surface area contributed by atoms with Gasteiger partial charge in [-0.1, -0.05) is 13.8 Å². The third kappa shape index (κ3) is 2.03. The van der Waals surface area contributed by atoms with Crippen LogP contribution < -0.4 is 10.6 Å². The lowest BCUT2D eigenvalue weighted by Gasteiger charge is -2.37. The van der Waals surface area contributed by atoms with Gasteiger partial charge >= 0.3 is 0 Å². The minimum atomic E-state index is 0.331. The van der Waals surface area contributed by atoms with E-state index in [-0.39, 0.29) is 0 Å². The van der Waals surface area contributed by atoms with Crippen LogP contribution in [0.5, 0.6) is 0 Å². The summed E-state index contributed by atoms with van der Waals surface area (Å²) in [4.78, 5) is 6.78. The molecule has 4 nitrogen and oxygen atoms in total. The molecule has 0 aliphatic carbocycles. The highest BCUT2D eigenvalue weighted by Crippen LogP contribution is 2.32. The van der Waals surface area contributed by atoms with Crippen LogP contribution in [-0.4, -0.2) is 18.1 Å². The van der Waals surface area contributed by atoms with Gasteiger partial charge in [0.25, 0.3) is 6.01 Å². The third-order valence-corrected chi connectivity index (χ3v) is 3.57. The van der Waals surface area contributed by atoms with E-state index in [0.717, 1.165) is 30.2 Å². The Hall–Kier alpha value is -1.71. The first-order chi connectivity index (χ1) is 8.53. The Balaban J connectivity index is 1.94. The van der Waals surface area contributed by atoms with Gasteiger partial charge in [0.15, 0.2) is 5.58 Å². The maximum Gasteiger partial charge on any atom is 0.298 e. The van der Waals surface area contributed by atoms with Crippen LogP contribution in [0, 0.1) is 5.41 Å². The van der Waals surface area contributed by atoms with E-state index in [2.05, 4.69) is 23.7 Å². The average Bonchev–Trinajstić information content (AvgIpc) is 2.70. The molecule has 0 saturated carbocycles. The Morgan fingerprint density at radius 3 is 3.00 bits per heavy atom. The summed E-state index contributed by atoms with van der Waals surface area (Å²) < 4.78 is 5.82. The van der Waals surface area contributed by atoms with Crippen molar-refractivity contribution in [3.8, 4) is 0 Å². The zero-order chi connectivity index (χ0) is 12.8. The number of benzene rings is 1. The van der Waals surface area contributed by atoms with Gasteiger partial charge in [0.05, 0.1) is 0 Å². The van der Waals surface area contributed by atoms with Crippen molar-refractivity contribution in [2.45, 2.75) is 26.7 Å². The molecule has 4 heteroatoms. The highest BCUT2D eigenvalue weighted by atomic mass is 16.4. The van der Waals surface area contributed by atoms with Crippen molar-refractivity contribution in [2.75, 3.05) is 23.7 Å². The second-order valence-corrected chi connectivity index (χ2v) is 5.91. The lowest BCUT2D eigenvalue weighted by atomic mass is 9.84. The van der Waals surface area contributed by atoms with Gasteiger partial charge in [-0.2, -0.15) is 4.98 Å². The van der Waals surface area contributed by atoms with Gasteiger partial charge in [-0.3, -0.25) is 0 Å². The molecule has 1 aromatic heterocycles. The van der Waals surface area contributed by atoms with Gasteiger partial charge in [0.1, 0.15) is 5.52 Å². The second-order valence-electron chi connectivity index (χ2n) is 5.91. The van der Waals surface area contributed by atoms with Crippen LogP contribution in [-0.2, 0) is 0 Å². The minimum absolute atomic E-state index is 0.331. The zero-order valence-corrected chi connectivity index (χ0v) is 10.9. The van der Waals surface area contributed by atoms with E-state index in [4.69, 9.17) is 10.2 Å². The van der Waals surface area contributed by atoms with Crippen LogP contribution in [0.1, 0.15) is 26.7 Å². The Morgan fingerprint density at radius 1 is 1.39 bits per heavy atom. The number of piperidine rings is 1. The van der Waals surface area contributed by atoms with Crippen molar-refractivity contribution in [1.29, 1.82) is 0 Å². The number of nitrogen functional groups attached to an aromatic ring is 1. The molecule has 2 heterocycles. The summed E-state index contributed by atoms with van der Waals surface area (Å²) in [7, 11) is 0. The fourth-order valence-electron chi connectivity index (χ4n) is 2.65. The van der Waals surface area contributed by atoms with Gasteiger partial charge in [-0.05, 0) is 30.4 Å². The van der Waals surface area contributed by atoms with Gasteiger partial charge in [0.2, 0.25) is 0 Å². The third-order valence-electron chi connectivity index (χ3n) is 3.57. The molecular weight excluding hydrogens is 226 g/mol. The van der Waals surface area contributed by atoms with Gasteiger partial charge < -0.3 is 15.1 Å². The monoisotopic (exact) mass is 245 g/mol. The van der Waals surface area contributed by atoms with Gasteiger partial charge in [-0.15, -0.1) is 0 Å². The average molecular weight is 245 g/mol. The molecule has 0 unspecified atom stereocenters. The Labute approximate surface area is 107 Å². The van der Waals surface area contributed by atoms with E-state index in [0.29, 0.717) is 11.1 Å². The molecule has 18 heavy (non-hydrogen) atoms. The molecule has 0 spiro atoms. The van der Waals surface area contributed by atoms with E-state index < -0.39 is 0 Å². The number of hydrogen-bond acceptors (Lipinski definition) is 4. The van der Waals surface area contributed by atoms with Crippen LogP contribution in [0.2, 0.25) is 0 Å². The molecule has 1 aliphatic rings. The van der Waals surface area contributed by atoms with Crippen molar-refractivity contribution in [1.82, 2.24) is 4.98 Å². The Bertz CT molecular complexity index is 573. The fraction of sp³-hybridized carbons (Fsp3) is 0.500. The normalized spacial score (nSPS) is 19.3. The van der Waals surface area contributed by atoms with Crippen LogP contribution >= 0.6 is 0 Å². The molecule has 1 fully saturated rings. The smallest absolute Gasteiger partial charge is 0.298 e. The van der Waals surface area contributed by atoms with E-state index in [1.54, 1.807) is 0 Å². The maximum atomic E-state index is 5.82. The number of oxazole rings is 1. The Morgan fingerprint density at radius 2 is 2.22 bits per heavy atom. The highest BCUT2D eigenvalue weighted by molar-refractivity contribution is 5.78. The zero-order valence-electron chi connectivity index (χ0n) is 10.9. The van der Waals surface area contributed by atoms with Gasteiger partial charge in [0, 0.05) is 24.8 Å². The first-order valence-corrected chi connectivity index (χ1v) is 6.45. The SMILES string of the molecule is CC1(C)CCCN(c2nc3ccc(N)cc3o2)C1. The summed E-state index contributed by atoms with van der Waals surface area (Å²) in [5.74, 6) is 0. The van der Waals surface area contributed by atoms with Crippen molar-refractivity contribution < 1.29 is 4.42 Å². The summed E-state index contributed by atoms with van der Waals surface area (Å²) in [5.41, 5.74) is 8.45. The molecule has 1 saturated heterocycles. The Kier molecular flexibility index (Phi) is 2.47. The van der Waals surface area contributed by atoms with Crippen molar-refractivity contribution in [2.24, 2.45) is 5.41 Å². The lowest BCUT2D eigenvalue weighted by molar-refractivity contribution is 0.284. The van der Waals surface area contributed by atoms with E-state index >= 15 is 0 Å². The van der Waals surface area contributed by atoms with Crippen molar-refractivity contribution in [3.63, 3.8) is 0 Å². The molecular formula is C14H19N3O. The highest BCUT2D eigenvalue weighted by Gasteiger charge is 2.28. The number of nitrogens with two attached hydrogens (primary N) is 1. The largest absolute Gasteiger partial charge is 0.423 e. The molecule has 0 atom stereocenters. The fourth-order valence-corrected chi connectivity index (χ4v) is 2.65. The molecule has 1 aliphatic heterocycles. The summed E-state index contributed by atoms with van der Waals surface area (Å²) in [6.07, 6.45) is 2.45. The summed E-state index contributed by atoms with van der Waals surface area (Å²) in [5, 5.41) is 0. The number of fused-ring (bicyclic) bond motifs is 1. The predicted molar refractivity (Wildman–Crippen MR) is 73.6 cm³/mol. The predicted octanol–water partition coefficient (Wildman–Crippen LogP) is 3.04. The van der Waals surface area contributed by atoms with Crippen molar-refractivity contribution in [3.05, 3.63) is 18.2 Å². The minimum Gasteiger partial charge on any atom is -0.423 e. The first kappa shape index (κ1) is 11.4. The van der Waals surface area contributed by atoms with Gasteiger partial charge in [-0.25, -0.2) is 0 Å². The summed E-state index contributed by atoms with van der Waals surface area (Å²) >= 11 is 0. The van der Waals surface area contributed by atoms with Crippen LogP contribution in [0.3, 0.4) is 0 Å². The number of aromatic nitrogens is 1. The van der Waals surface area contributed by atoms with Crippen LogP contribution in [0.25, 0.3) is 11.1 Å². The molecule has 0 amide bonds. The van der Waals surface area contributed by atoms with E-state index in [1.165, 1.54) is 12.8 Å². The standard InChI is InChI=1S/C14H19N3O/c1-14(2)6-3-7-17(9-14)13-16-11-5-4-10(15)8-12(11)18-13/h4-5,8H,3,6-7,9,15H2,1-2H3. The topological polar surface area (TPSA) is 55.3 Å². The number of anilines is 2. The summed E-state index contributed by atoms with van der Waals surface area (Å²) in [6.45, 7) is 6.60. The molecule has 3 rings (SSSR count). The van der Waals surface area contributed by atoms with Crippen LogP contribution in [0.4, 0.5) is 11.7 Å². The van der Waals surface area contributed by atoms with Crippen molar-refractivity contribution >= 4 is 22.8 Å². The second kappa shape index (κ2) is 3.90. The molecule has 1 aromatic carbocycles. The van der Waals surface area contributed by atoms with E-state index in [9.17, 15) is 0 Å². The molecule has 96 valence electrons. The molecule has 2 aromatic rings. The number of rotatable bonds is 1. The number of nitrogens with zero attached hydrogens (tertiary/aromatic N) is 2. The number of hydrogen-bond donors (Lipinski definition) is 1.